The molecule has 3 atom stereocenters. The molecule has 1 saturated heterocycles. The maximum absolute atomic E-state index is 13.1. The number of aliphatic imine (C=N–C) groups is 1. The monoisotopic (exact) mass is 505 g/mol. The topological polar surface area (TPSA) is 120 Å². The van der Waals surface area contributed by atoms with E-state index in [1.54, 1.807) is 23.6 Å². The maximum Gasteiger partial charge on any atom is 0.278 e. The first-order valence-electron chi connectivity index (χ1n) is 12.2. The number of carbonyl (C=O) groups is 3. The first-order valence-corrected chi connectivity index (χ1v) is 13.0. The summed E-state index contributed by atoms with van der Waals surface area (Å²) in [6.07, 6.45) is 3.62. The first-order chi connectivity index (χ1) is 17.3. The smallest absolute Gasteiger partial charge is 0.278 e. The fraction of sp³-hybridized carbons (Fsp3) is 0.440. The number of thioether (sulfide) groups is 1. The SMILES string of the molecule is CC(=O)Nc1cccc(Nc2ncc3c(n2)C2C4SC(C(=O)N5CCN(C(C)=O)CC5)=NC42CC3)c1. The van der Waals surface area contributed by atoms with Gasteiger partial charge in [0.1, 0.15) is 0 Å². The van der Waals surface area contributed by atoms with E-state index in [2.05, 4.69) is 15.6 Å². The number of aromatic nitrogens is 2. The summed E-state index contributed by atoms with van der Waals surface area (Å²) in [6.45, 7) is 5.28. The number of benzene rings is 1. The number of rotatable bonds is 4. The third kappa shape index (κ3) is 3.91. The van der Waals surface area contributed by atoms with E-state index in [4.69, 9.17) is 9.98 Å². The van der Waals surface area contributed by atoms with Crippen LogP contribution in [0.1, 0.15) is 37.4 Å². The molecule has 10 nitrogen and oxygen atoms in total. The van der Waals surface area contributed by atoms with Crippen LogP contribution in [-0.4, -0.2) is 79.5 Å². The van der Waals surface area contributed by atoms with Crippen LogP contribution in [0.2, 0.25) is 0 Å². The molecule has 1 saturated carbocycles. The lowest BCUT2D eigenvalue weighted by Gasteiger charge is -2.34. The minimum atomic E-state index is -0.249. The zero-order valence-corrected chi connectivity index (χ0v) is 21.0. The largest absolute Gasteiger partial charge is 0.339 e. The molecule has 186 valence electrons. The van der Waals surface area contributed by atoms with E-state index in [0.29, 0.717) is 42.9 Å². The number of amides is 3. The summed E-state index contributed by atoms with van der Waals surface area (Å²) in [5.41, 5.74) is 3.39. The number of piperazine rings is 1. The third-order valence-corrected chi connectivity index (χ3v) is 8.82. The number of hydrogen-bond donors (Lipinski definition) is 2. The molecule has 4 aliphatic rings. The van der Waals surface area contributed by atoms with Gasteiger partial charge in [0, 0.05) is 68.8 Å². The molecule has 2 fully saturated rings. The van der Waals surface area contributed by atoms with Gasteiger partial charge in [-0.15, -0.1) is 0 Å². The number of nitrogens with zero attached hydrogens (tertiary/aromatic N) is 5. The highest BCUT2D eigenvalue weighted by atomic mass is 32.2. The summed E-state index contributed by atoms with van der Waals surface area (Å²) >= 11 is 1.58. The second kappa shape index (κ2) is 8.58. The summed E-state index contributed by atoms with van der Waals surface area (Å²) in [6, 6.07) is 7.42. The van der Waals surface area contributed by atoms with Gasteiger partial charge in [0.05, 0.1) is 11.2 Å². The van der Waals surface area contributed by atoms with Crippen LogP contribution in [0.3, 0.4) is 0 Å². The predicted octanol–water partition coefficient (Wildman–Crippen LogP) is 2.17. The summed E-state index contributed by atoms with van der Waals surface area (Å²) in [5, 5.41) is 6.85. The Balaban J connectivity index is 1.17. The van der Waals surface area contributed by atoms with Crippen LogP contribution in [0, 0.1) is 0 Å². The lowest BCUT2D eigenvalue weighted by atomic mass is 9.93. The van der Waals surface area contributed by atoms with E-state index >= 15 is 0 Å². The van der Waals surface area contributed by atoms with Crippen LogP contribution in [-0.2, 0) is 20.8 Å². The Morgan fingerprint density at radius 3 is 2.58 bits per heavy atom. The molecule has 3 unspecified atom stereocenters. The molecule has 6 rings (SSSR count). The predicted molar refractivity (Wildman–Crippen MR) is 138 cm³/mol. The van der Waals surface area contributed by atoms with Crippen molar-refractivity contribution in [3.05, 3.63) is 41.7 Å². The summed E-state index contributed by atoms with van der Waals surface area (Å²) in [5.74, 6) is 0.598. The normalized spacial score (nSPS) is 25.8. The minimum absolute atomic E-state index is 0.0154. The molecule has 36 heavy (non-hydrogen) atoms. The van der Waals surface area contributed by atoms with Gasteiger partial charge in [0.25, 0.3) is 5.91 Å². The second-order valence-corrected chi connectivity index (χ2v) is 10.8. The number of fused-ring (bicyclic) bond motifs is 3. The zero-order valence-electron chi connectivity index (χ0n) is 20.2. The van der Waals surface area contributed by atoms with Crippen molar-refractivity contribution < 1.29 is 14.4 Å². The Morgan fingerprint density at radius 1 is 1.08 bits per heavy atom. The highest BCUT2D eigenvalue weighted by Gasteiger charge is 2.72. The molecular formula is C25H27N7O3S. The van der Waals surface area contributed by atoms with Crippen molar-refractivity contribution >= 4 is 51.9 Å². The molecule has 0 radical (unpaired) electrons. The van der Waals surface area contributed by atoms with Gasteiger partial charge in [-0.25, -0.2) is 9.97 Å². The van der Waals surface area contributed by atoms with Crippen LogP contribution in [0.4, 0.5) is 17.3 Å². The van der Waals surface area contributed by atoms with E-state index in [1.807, 2.05) is 35.4 Å². The molecule has 1 aromatic carbocycles. The highest BCUT2D eigenvalue weighted by Crippen LogP contribution is 2.69. The van der Waals surface area contributed by atoms with Crippen molar-refractivity contribution in [2.24, 2.45) is 4.99 Å². The highest BCUT2D eigenvalue weighted by molar-refractivity contribution is 8.17. The quantitative estimate of drug-likeness (QED) is 0.653. The van der Waals surface area contributed by atoms with Gasteiger partial charge in [0.2, 0.25) is 17.8 Å². The van der Waals surface area contributed by atoms with Gasteiger partial charge in [-0.3, -0.25) is 19.4 Å². The second-order valence-electron chi connectivity index (χ2n) is 9.71. The van der Waals surface area contributed by atoms with Crippen molar-refractivity contribution in [1.82, 2.24) is 19.8 Å². The molecule has 11 heteroatoms. The maximum atomic E-state index is 13.1. The number of anilines is 3. The van der Waals surface area contributed by atoms with Gasteiger partial charge >= 0.3 is 0 Å². The first kappa shape index (κ1) is 23.0. The Morgan fingerprint density at radius 2 is 1.83 bits per heavy atom. The fourth-order valence-corrected chi connectivity index (χ4v) is 7.14. The van der Waals surface area contributed by atoms with Crippen molar-refractivity contribution in [1.29, 1.82) is 0 Å². The van der Waals surface area contributed by atoms with Crippen LogP contribution in [0.25, 0.3) is 0 Å². The van der Waals surface area contributed by atoms with Crippen LogP contribution in [0.15, 0.2) is 35.5 Å². The molecule has 1 aromatic heterocycles. The van der Waals surface area contributed by atoms with Crippen molar-refractivity contribution in [3.8, 4) is 0 Å². The molecule has 1 spiro atoms. The molecule has 0 bridgehead atoms. The average Bonchev–Trinajstić information content (AvgIpc) is 3.34. The van der Waals surface area contributed by atoms with E-state index in [-0.39, 0.29) is 34.4 Å². The lowest BCUT2D eigenvalue weighted by Crippen LogP contribution is -2.51. The van der Waals surface area contributed by atoms with Gasteiger partial charge in [-0.2, -0.15) is 0 Å². The van der Waals surface area contributed by atoms with Crippen molar-refractivity contribution in [2.75, 3.05) is 36.8 Å². The molecule has 2 aliphatic carbocycles. The standard InChI is InChI=1S/C25H27N7O3S/c1-14(33)27-17-4-3-5-18(12-17)28-24-26-13-16-6-7-25-19(20(16)29-24)21(25)36-22(30-25)23(35)32-10-8-31(9-11-32)15(2)34/h3-5,12-13,19,21H,6-11H2,1-2H3,(H,27,33)(H,26,28,29). The van der Waals surface area contributed by atoms with Crippen LogP contribution < -0.4 is 10.6 Å². The third-order valence-electron chi connectivity index (χ3n) is 7.39. The molecule has 2 N–H and O–H groups in total. The van der Waals surface area contributed by atoms with Gasteiger partial charge in [-0.1, -0.05) is 17.8 Å². The zero-order chi connectivity index (χ0) is 25.0. The molecular weight excluding hydrogens is 478 g/mol. The molecule has 2 aromatic rings. The van der Waals surface area contributed by atoms with Crippen molar-refractivity contribution in [2.45, 2.75) is 43.4 Å². The van der Waals surface area contributed by atoms with Gasteiger partial charge in [-0.05, 0) is 36.6 Å². The number of hydrogen-bond acceptors (Lipinski definition) is 8. The number of carbonyl (C=O) groups excluding carboxylic acids is 3. The van der Waals surface area contributed by atoms with Gasteiger partial charge in [0.15, 0.2) is 5.04 Å². The Hall–Kier alpha value is -3.47. The number of aryl methyl sites for hydroxylation is 1. The Kier molecular flexibility index (Phi) is 5.47. The molecule has 3 amide bonds. The minimum Gasteiger partial charge on any atom is -0.339 e. The average molecular weight is 506 g/mol. The summed E-state index contributed by atoms with van der Waals surface area (Å²) in [4.78, 5) is 54.0. The molecule has 2 aliphatic heterocycles. The molecule has 3 heterocycles. The van der Waals surface area contributed by atoms with Crippen LogP contribution >= 0.6 is 11.8 Å². The Bertz CT molecular complexity index is 1310. The lowest BCUT2D eigenvalue weighted by molar-refractivity contribution is -0.134. The van der Waals surface area contributed by atoms with E-state index in [0.717, 1.165) is 29.8 Å². The van der Waals surface area contributed by atoms with E-state index < -0.39 is 0 Å². The van der Waals surface area contributed by atoms with E-state index in [9.17, 15) is 14.4 Å². The van der Waals surface area contributed by atoms with Gasteiger partial charge < -0.3 is 20.4 Å². The Labute approximate surface area is 213 Å². The number of nitrogens with one attached hydrogen (secondary N) is 2. The summed E-state index contributed by atoms with van der Waals surface area (Å²) < 4.78 is 0. The fourth-order valence-electron chi connectivity index (χ4n) is 5.51. The van der Waals surface area contributed by atoms with E-state index in [1.165, 1.54) is 6.92 Å². The van der Waals surface area contributed by atoms with Crippen molar-refractivity contribution in [3.63, 3.8) is 0 Å². The summed E-state index contributed by atoms with van der Waals surface area (Å²) in [7, 11) is 0. The van der Waals surface area contributed by atoms with Crippen LogP contribution in [0.5, 0.6) is 0 Å².